The Balaban J connectivity index is 0.00000208. The van der Waals surface area contributed by atoms with Crippen molar-refractivity contribution in [3.05, 3.63) is 22.6 Å². The molecule has 6 nitrogen and oxygen atoms in total. The Hall–Kier alpha value is -1.05. The first-order valence-corrected chi connectivity index (χ1v) is 8.78. The quantitative estimate of drug-likeness (QED) is 0.813. The molecule has 8 heteroatoms. The zero-order valence-electron chi connectivity index (χ0n) is 13.7. The van der Waals surface area contributed by atoms with Crippen LogP contribution >= 0.6 is 28.3 Å². The summed E-state index contributed by atoms with van der Waals surface area (Å²) in [6.07, 6.45) is 3.31. The molecule has 2 aliphatic rings. The second kappa shape index (κ2) is 7.89. The van der Waals surface area contributed by atoms with Crippen molar-refractivity contribution in [1.29, 1.82) is 0 Å². The molecule has 1 aromatic heterocycles. The molecule has 3 heterocycles. The number of carbonyl (C=O) groups is 2. The predicted molar refractivity (Wildman–Crippen MR) is 96.4 cm³/mol. The lowest BCUT2D eigenvalue weighted by atomic mass is 9.78. The summed E-state index contributed by atoms with van der Waals surface area (Å²) in [6.45, 7) is 3.82. The molecule has 0 bridgehead atoms. The van der Waals surface area contributed by atoms with Crippen LogP contribution in [0.15, 0.2) is 21.2 Å². The van der Waals surface area contributed by atoms with Gasteiger partial charge in [0.1, 0.15) is 0 Å². The fourth-order valence-electron chi connectivity index (χ4n) is 3.44. The largest absolute Gasteiger partial charge is 0.444 e. The molecule has 0 atom stereocenters. The summed E-state index contributed by atoms with van der Waals surface area (Å²) >= 11 is 3.17. The Morgan fingerprint density at radius 2 is 2.04 bits per heavy atom. The van der Waals surface area contributed by atoms with Crippen LogP contribution in [-0.2, 0) is 4.79 Å². The number of hydrogen-bond donors (Lipinski definition) is 1. The Morgan fingerprint density at radius 1 is 1.33 bits per heavy atom. The zero-order chi connectivity index (χ0) is 16.4. The van der Waals surface area contributed by atoms with E-state index in [0.717, 1.165) is 39.0 Å². The fraction of sp³-hybridized carbons (Fsp3) is 0.625. The second-order valence-corrected chi connectivity index (χ2v) is 7.35. The first kappa shape index (κ1) is 19.3. The van der Waals surface area contributed by atoms with Crippen LogP contribution in [0.25, 0.3) is 0 Å². The molecule has 2 amide bonds. The molecule has 0 aromatic carbocycles. The number of nitrogens with one attached hydrogen (secondary N) is 1. The van der Waals surface area contributed by atoms with Crippen molar-refractivity contribution in [1.82, 2.24) is 15.1 Å². The third kappa shape index (κ3) is 4.13. The van der Waals surface area contributed by atoms with Crippen molar-refractivity contribution in [3.63, 3.8) is 0 Å². The molecule has 1 spiro atoms. The smallest absolute Gasteiger partial charge is 0.289 e. The Morgan fingerprint density at radius 3 is 2.58 bits per heavy atom. The molecule has 3 rings (SSSR count). The highest BCUT2D eigenvalue weighted by atomic mass is 79.9. The number of nitrogens with zero attached hydrogens (tertiary/aromatic N) is 2. The summed E-state index contributed by atoms with van der Waals surface area (Å²) in [6, 6.07) is 3.27. The van der Waals surface area contributed by atoms with Gasteiger partial charge >= 0.3 is 0 Å². The molecule has 0 aliphatic carbocycles. The molecular weight excluding hydrogens is 398 g/mol. The number of amides is 2. The van der Waals surface area contributed by atoms with Crippen LogP contribution in [0.2, 0.25) is 0 Å². The lowest BCUT2D eigenvalue weighted by Gasteiger charge is -2.39. The van der Waals surface area contributed by atoms with Crippen LogP contribution in [-0.4, -0.2) is 61.4 Å². The highest BCUT2D eigenvalue weighted by Gasteiger charge is 2.38. The Bertz CT molecular complexity index is 591. The summed E-state index contributed by atoms with van der Waals surface area (Å²) in [5, 5.41) is 3.42. The molecule has 2 fully saturated rings. The summed E-state index contributed by atoms with van der Waals surface area (Å²) in [7, 11) is 1.63. The van der Waals surface area contributed by atoms with Gasteiger partial charge in [0.05, 0.1) is 6.54 Å². The summed E-state index contributed by atoms with van der Waals surface area (Å²) < 4.78 is 5.76. The fourth-order valence-corrected chi connectivity index (χ4v) is 3.75. The number of likely N-dealkylation sites (N-methyl/N-ethyl adjacent to an activating group) is 1. The van der Waals surface area contributed by atoms with Gasteiger partial charge in [-0.15, -0.1) is 12.4 Å². The van der Waals surface area contributed by atoms with Crippen LogP contribution < -0.4 is 5.32 Å². The van der Waals surface area contributed by atoms with Crippen molar-refractivity contribution in [2.45, 2.75) is 19.3 Å². The van der Waals surface area contributed by atoms with Gasteiger partial charge in [0.25, 0.3) is 5.91 Å². The standard InChI is InChI=1S/C16H22BrN3O3.ClH/c1-19(15(22)12-2-3-13(17)23-12)10-14(21)20-8-5-16(6-9-20)4-7-18-11-16;/h2-3,18H,4-11H2,1H3;1H. The minimum Gasteiger partial charge on any atom is -0.444 e. The van der Waals surface area contributed by atoms with Crippen LogP contribution in [0.4, 0.5) is 0 Å². The van der Waals surface area contributed by atoms with E-state index in [1.165, 1.54) is 11.3 Å². The molecular formula is C16H23BrClN3O3. The van der Waals surface area contributed by atoms with E-state index in [1.807, 2.05) is 4.90 Å². The van der Waals surface area contributed by atoms with E-state index in [1.54, 1.807) is 19.2 Å². The van der Waals surface area contributed by atoms with Crippen LogP contribution in [0.5, 0.6) is 0 Å². The van der Waals surface area contributed by atoms with Gasteiger partial charge in [-0.25, -0.2) is 0 Å². The first-order valence-electron chi connectivity index (χ1n) is 7.98. The van der Waals surface area contributed by atoms with Gasteiger partial charge in [-0.3, -0.25) is 9.59 Å². The van der Waals surface area contributed by atoms with Gasteiger partial charge in [0.15, 0.2) is 10.4 Å². The number of likely N-dealkylation sites (tertiary alicyclic amines) is 1. The van der Waals surface area contributed by atoms with Gasteiger partial charge in [-0.1, -0.05) is 0 Å². The first-order chi connectivity index (χ1) is 11.0. The molecule has 0 saturated carbocycles. The van der Waals surface area contributed by atoms with Gasteiger partial charge in [-0.2, -0.15) is 0 Å². The lowest BCUT2D eigenvalue weighted by molar-refractivity contribution is -0.133. The van der Waals surface area contributed by atoms with E-state index in [-0.39, 0.29) is 36.5 Å². The van der Waals surface area contributed by atoms with Crippen molar-refractivity contribution < 1.29 is 14.0 Å². The summed E-state index contributed by atoms with van der Waals surface area (Å²) in [5.41, 5.74) is 0.388. The number of halogens is 2. The topological polar surface area (TPSA) is 65.8 Å². The molecule has 134 valence electrons. The summed E-state index contributed by atoms with van der Waals surface area (Å²) in [5.74, 6) is -0.0356. The summed E-state index contributed by atoms with van der Waals surface area (Å²) in [4.78, 5) is 27.9. The lowest BCUT2D eigenvalue weighted by Crippen LogP contribution is -2.47. The minimum atomic E-state index is -0.280. The van der Waals surface area contributed by atoms with E-state index in [2.05, 4.69) is 21.2 Å². The normalized spacial score (nSPS) is 19.2. The molecule has 1 N–H and O–H groups in total. The third-order valence-corrected chi connectivity index (χ3v) is 5.44. The molecule has 2 saturated heterocycles. The number of carbonyl (C=O) groups excluding carboxylic acids is 2. The maximum atomic E-state index is 12.4. The van der Waals surface area contributed by atoms with Crippen molar-refractivity contribution in [2.75, 3.05) is 39.8 Å². The number of furan rings is 1. The van der Waals surface area contributed by atoms with E-state index in [9.17, 15) is 9.59 Å². The van der Waals surface area contributed by atoms with Gasteiger partial charge in [0, 0.05) is 26.7 Å². The SMILES string of the molecule is CN(CC(=O)N1CCC2(CCNC2)CC1)C(=O)c1ccc(Br)o1.Cl. The maximum absolute atomic E-state index is 12.4. The van der Waals surface area contributed by atoms with Gasteiger partial charge in [-0.05, 0) is 59.3 Å². The highest BCUT2D eigenvalue weighted by Crippen LogP contribution is 2.36. The van der Waals surface area contributed by atoms with E-state index in [4.69, 9.17) is 4.42 Å². The van der Waals surface area contributed by atoms with Crippen LogP contribution in [0.1, 0.15) is 29.8 Å². The van der Waals surface area contributed by atoms with E-state index >= 15 is 0 Å². The molecule has 0 radical (unpaired) electrons. The highest BCUT2D eigenvalue weighted by molar-refractivity contribution is 9.10. The van der Waals surface area contributed by atoms with Gasteiger partial charge < -0.3 is 19.5 Å². The predicted octanol–water partition coefficient (Wildman–Crippen LogP) is 2.14. The molecule has 24 heavy (non-hydrogen) atoms. The Labute approximate surface area is 156 Å². The Kier molecular flexibility index (Phi) is 6.33. The second-order valence-electron chi connectivity index (χ2n) is 6.57. The van der Waals surface area contributed by atoms with Crippen LogP contribution in [0, 0.1) is 5.41 Å². The van der Waals surface area contributed by atoms with Crippen LogP contribution in [0.3, 0.4) is 0 Å². The van der Waals surface area contributed by atoms with E-state index in [0.29, 0.717) is 10.1 Å². The van der Waals surface area contributed by atoms with Crippen molar-refractivity contribution in [2.24, 2.45) is 5.41 Å². The third-order valence-electron chi connectivity index (χ3n) is 5.01. The number of piperidine rings is 1. The van der Waals surface area contributed by atoms with Crippen molar-refractivity contribution >= 4 is 40.2 Å². The van der Waals surface area contributed by atoms with Crippen molar-refractivity contribution in [3.8, 4) is 0 Å². The minimum absolute atomic E-state index is 0. The molecule has 1 aromatic rings. The maximum Gasteiger partial charge on any atom is 0.289 e. The average Bonchev–Trinajstić information content (AvgIpc) is 3.17. The van der Waals surface area contributed by atoms with E-state index < -0.39 is 0 Å². The molecule has 2 aliphatic heterocycles. The molecule has 0 unspecified atom stereocenters. The monoisotopic (exact) mass is 419 g/mol. The average molecular weight is 421 g/mol. The van der Waals surface area contributed by atoms with Gasteiger partial charge in [0.2, 0.25) is 5.91 Å². The zero-order valence-corrected chi connectivity index (χ0v) is 16.1. The number of rotatable bonds is 3. The number of hydrogen-bond acceptors (Lipinski definition) is 4.